The minimum absolute atomic E-state index is 0.120. The maximum Gasteiger partial charge on any atom is 0.272 e. The van der Waals surface area contributed by atoms with Gasteiger partial charge in [0.2, 0.25) is 10.0 Å². The predicted octanol–water partition coefficient (Wildman–Crippen LogP) is 2.34. The zero-order valence-corrected chi connectivity index (χ0v) is 17.7. The number of nitrogens with one attached hydrogen (secondary N) is 2. The molecule has 1 aliphatic heterocycles. The van der Waals surface area contributed by atoms with Crippen LogP contribution in [0.25, 0.3) is 0 Å². The number of amides is 2. The molecule has 2 aromatic rings. The van der Waals surface area contributed by atoms with Crippen molar-refractivity contribution < 1.29 is 18.0 Å². The molecule has 8 nitrogen and oxygen atoms in total. The molecule has 30 heavy (non-hydrogen) atoms. The summed E-state index contributed by atoms with van der Waals surface area (Å²) in [5.74, 6) is -0.529. The van der Waals surface area contributed by atoms with Crippen LogP contribution in [-0.4, -0.2) is 48.2 Å². The van der Waals surface area contributed by atoms with E-state index >= 15 is 0 Å². The van der Waals surface area contributed by atoms with Crippen LogP contribution in [0.5, 0.6) is 0 Å². The highest BCUT2D eigenvalue weighted by atomic mass is 32.2. The number of nitrogens with zero attached hydrogens (tertiary/aromatic N) is 2. The number of carbonyl (C=O) groups is 2. The van der Waals surface area contributed by atoms with Crippen molar-refractivity contribution in [3.8, 4) is 0 Å². The summed E-state index contributed by atoms with van der Waals surface area (Å²) in [6.45, 7) is 1.03. The summed E-state index contributed by atoms with van der Waals surface area (Å²) in [5, 5.41) is 5.68. The number of sulfonamides is 1. The van der Waals surface area contributed by atoms with Crippen LogP contribution >= 0.6 is 0 Å². The molecular weight excluding hydrogens is 404 g/mol. The summed E-state index contributed by atoms with van der Waals surface area (Å²) < 4.78 is 28.7. The van der Waals surface area contributed by atoms with Crippen molar-refractivity contribution >= 4 is 27.5 Å². The first-order valence-electron chi connectivity index (χ1n) is 10.2. The molecule has 0 radical (unpaired) electrons. The lowest BCUT2D eigenvalue weighted by atomic mass is 10.2. The van der Waals surface area contributed by atoms with E-state index in [1.165, 1.54) is 21.1 Å². The normalized spacial score (nSPS) is 17.5. The van der Waals surface area contributed by atoms with Gasteiger partial charge in [-0.3, -0.25) is 9.59 Å². The van der Waals surface area contributed by atoms with Crippen LogP contribution in [0.2, 0.25) is 0 Å². The second-order valence-corrected chi connectivity index (χ2v) is 9.85. The third-order valence-corrected chi connectivity index (χ3v) is 7.35. The summed E-state index contributed by atoms with van der Waals surface area (Å²) in [6.07, 6.45) is 6.26. The Morgan fingerprint density at radius 2 is 1.67 bits per heavy atom. The second kappa shape index (κ2) is 8.23. The van der Waals surface area contributed by atoms with E-state index in [2.05, 4.69) is 10.6 Å². The third kappa shape index (κ3) is 4.41. The van der Waals surface area contributed by atoms with E-state index in [-0.39, 0.29) is 22.5 Å². The Morgan fingerprint density at radius 1 is 1.00 bits per heavy atom. The number of piperidine rings is 1. The van der Waals surface area contributed by atoms with Gasteiger partial charge < -0.3 is 15.2 Å². The zero-order chi connectivity index (χ0) is 21.3. The van der Waals surface area contributed by atoms with Gasteiger partial charge in [0, 0.05) is 43.6 Å². The fourth-order valence-corrected chi connectivity index (χ4v) is 5.14. The molecule has 4 rings (SSSR count). The number of carbonyl (C=O) groups excluding carboxylic acids is 2. The quantitative estimate of drug-likeness (QED) is 0.735. The number of benzene rings is 1. The van der Waals surface area contributed by atoms with E-state index in [1.54, 1.807) is 31.3 Å². The van der Waals surface area contributed by atoms with Crippen molar-refractivity contribution in [1.82, 2.24) is 14.2 Å². The number of anilines is 1. The number of hydrogen-bond acceptors (Lipinski definition) is 4. The van der Waals surface area contributed by atoms with Crippen LogP contribution in [0, 0.1) is 0 Å². The standard InChI is InChI=1S/C21H26N4O4S/c1-24-14-18(30(28,29)25-11-3-2-4-12-25)13-19(24)21(27)23-16-7-5-15(6-8-16)20(26)22-17-9-10-17/h5-8,13-14,17H,2-4,9-12H2,1H3,(H,22,26)(H,23,27). The van der Waals surface area contributed by atoms with Crippen molar-refractivity contribution in [1.29, 1.82) is 0 Å². The number of aromatic nitrogens is 1. The number of hydrogen-bond donors (Lipinski definition) is 2. The van der Waals surface area contributed by atoms with E-state index in [4.69, 9.17) is 0 Å². The van der Waals surface area contributed by atoms with Crippen molar-refractivity contribution in [3.05, 3.63) is 47.8 Å². The van der Waals surface area contributed by atoms with Crippen molar-refractivity contribution in [2.24, 2.45) is 7.05 Å². The maximum absolute atomic E-state index is 12.9. The van der Waals surface area contributed by atoms with Crippen LogP contribution in [-0.2, 0) is 17.1 Å². The molecule has 2 fully saturated rings. The van der Waals surface area contributed by atoms with Gasteiger partial charge in [-0.25, -0.2) is 8.42 Å². The molecular formula is C21H26N4O4S. The minimum Gasteiger partial charge on any atom is -0.349 e. The molecule has 0 atom stereocenters. The van der Waals surface area contributed by atoms with Gasteiger partial charge in [0.05, 0.1) is 0 Å². The van der Waals surface area contributed by atoms with Gasteiger partial charge in [0.1, 0.15) is 10.6 Å². The molecule has 0 bridgehead atoms. The van der Waals surface area contributed by atoms with E-state index in [0.717, 1.165) is 32.1 Å². The molecule has 2 aliphatic rings. The Balaban J connectivity index is 1.45. The molecule has 160 valence electrons. The SMILES string of the molecule is Cn1cc(S(=O)(=O)N2CCCCC2)cc1C(=O)Nc1ccc(C(=O)NC2CC2)cc1. The van der Waals surface area contributed by atoms with Gasteiger partial charge in [-0.2, -0.15) is 4.31 Å². The zero-order valence-electron chi connectivity index (χ0n) is 16.9. The average Bonchev–Trinajstić information content (AvgIpc) is 3.46. The lowest BCUT2D eigenvalue weighted by molar-refractivity contribution is 0.0950. The predicted molar refractivity (Wildman–Crippen MR) is 113 cm³/mol. The Morgan fingerprint density at radius 3 is 2.30 bits per heavy atom. The van der Waals surface area contributed by atoms with Crippen LogP contribution < -0.4 is 10.6 Å². The summed E-state index contributed by atoms with van der Waals surface area (Å²) in [4.78, 5) is 24.9. The highest BCUT2D eigenvalue weighted by Gasteiger charge is 2.28. The van der Waals surface area contributed by atoms with Gasteiger partial charge in [0.15, 0.2) is 0 Å². The van der Waals surface area contributed by atoms with Gasteiger partial charge in [0.25, 0.3) is 11.8 Å². The molecule has 9 heteroatoms. The second-order valence-electron chi connectivity index (χ2n) is 7.92. The number of aryl methyl sites for hydroxylation is 1. The smallest absolute Gasteiger partial charge is 0.272 e. The maximum atomic E-state index is 12.9. The fourth-order valence-electron chi connectivity index (χ4n) is 3.55. The van der Waals surface area contributed by atoms with E-state index < -0.39 is 15.9 Å². The summed E-state index contributed by atoms with van der Waals surface area (Å²) in [6, 6.07) is 8.33. The Labute approximate surface area is 176 Å². The molecule has 1 aromatic carbocycles. The van der Waals surface area contributed by atoms with E-state index in [9.17, 15) is 18.0 Å². The molecule has 2 heterocycles. The summed E-state index contributed by atoms with van der Waals surface area (Å²) >= 11 is 0. The molecule has 1 aliphatic carbocycles. The Bertz CT molecular complexity index is 1050. The van der Waals surface area contributed by atoms with Gasteiger partial charge in [-0.05, 0) is 56.0 Å². The van der Waals surface area contributed by atoms with Crippen LogP contribution in [0.15, 0.2) is 41.4 Å². The molecule has 2 N–H and O–H groups in total. The molecule has 1 aromatic heterocycles. The Hall–Kier alpha value is -2.65. The van der Waals surface area contributed by atoms with Gasteiger partial charge >= 0.3 is 0 Å². The Kier molecular flexibility index (Phi) is 5.66. The van der Waals surface area contributed by atoms with Crippen LogP contribution in [0.4, 0.5) is 5.69 Å². The lowest BCUT2D eigenvalue weighted by Crippen LogP contribution is -2.35. The van der Waals surface area contributed by atoms with E-state index in [0.29, 0.717) is 24.3 Å². The average molecular weight is 431 g/mol. The monoisotopic (exact) mass is 430 g/mol. The van der Waals surface area contributed by atoms with Crippen LogP contribution in [0.1, 0.15) is 53.0 Å². The molecule has 1 saturated carbocycles. The van der Waals surface area contributed by atoms with Crippen LogP contribution in [0.3, 0.4) is 0 Å². The fraction of sp³-hybridized carbons (Fsp3) is 0.429. The van der Waals surface area contributed by atoms with Gasteiger partial charge in [-0.15, -0.1) is 0 Å². The first kappa shape index (κ1) is 20.6. The first-order chi connectivity index (χ1) is 14.3. The highest BCUT2D eigenvalue weighted by Crippen LogP contribution is 2.23. The largest absolute Gasteiger partial charge is 0.349 e. The highest BCUT2D eigenvalue weighted by molar-refractivity contribution is 7.89. The van der Waals surface area contributed by atoms with Crippen molar-refractivity contribution in [2.75, 3.05) is 18.4 Å². The minimum atomic E-state index is -3.60. The summed E-state index contributed by atoms with van der Waals surface area (Å²) in [7, 11) is -1.95. The van der Waals surface area contributed by atoms with E-state index in [1.807, 2.05) is 0 Å². The van der Waals surface area contributed by atoms with Crippen molar-refractivity contribution in [3.63, 3.8) is 0 Å². The topological polar surface area (TPSA) is 101 Å². The molecule has 0 unspecified atom stereocenters. The van der Waals surface area contributed by atoms with Crippen molar-refractivity contribution in [2.45, 2.75) is 43.0 Å². The summed E-state index contributed by atoms with van der Waals surface area (Å²) in [5.41, 5.74) is 1.32. The lowest BCUT2D eigenvalue weighted by Gasteiger charge is -2.25. The molecule has 2 amide bonds. The molecule has 1 saturated heterocycles. The molecule has 0 spiro atoms. The first-order valence-corrected chi connectivity index (χ1v) is 11.7. The number of rotatable bonds is 6. The van der Waals surface area contributed by atoms with Gasteiger partial charge in [-0.1, -0.05) is 6.42 Å². The third-order valence-electron chi connectivity index (χ3n) is 5.48.